The molecule has 0 saturated heterocycles. The molecule has 0 radical (unpaired) electrons. The molecule has 2 rings (SSSR count). The summed E-state index contributed by atoms with van der Waals surface area (Å²) in [6.07, 6.45) is 1.95. The molecule has 4 nitrogen and oxygen atoms in total. The zero-order valence-corrected chi connectivity index (χ0v) is 15.1. The van der Waals surface area contributed by atoms with Gasteiger partial charge in [0.2, 0.25) is 0 Å². The monoisotopic (exact) mass is 318 g/mol. The summed E-state index contributed by atoms with van der Waals surface area (Å²) in [6, 6.07) is 9.17. The van der Waals surface area contributed by atoms with Gasteiger partial charge in [0.15, 0.2) is 0 Å². The molecule has 0 aromatic heterocycles. The van der Waals surface area contributed by atoms with E-state index >= 15 is 0 Å². The topological polar surface area (TPSA) is 41.6 Å². The maximum Gasteiger partial charge on any atom is 0.410 e. The second-order valence-electron chi connectivity index (χ2n) is 7.75. The zero-order chi connectivity index (χ0) is 17.0. The van der Waals surface area contributed by atoms with Crippen LogP contribution in [0.15, 0.2) is 24.3 Å². The minimum atomic E-state index is -0.442. The Balaban J connectivity index is 1.72. The number of hydrogen-bond donors (Lipinski definition) is 1. The number of benzene rings is 1. The molecule has 23 heavy (non-hydrogen) atoms. The van der Waals surface area contributed by atoms with Gasteiger partial charge < -0.3 is 15.0 Å². The highest BCUT2D eigenvalue weighted by Gasteiger charge is 2.23. The summed E-state index contributed by atoms with van der Waals surface area (Å²) in [7, 11) is 1.80. The fraction of sp³-hybridized carbons (Fsp3) is 0.632. The molecule has 1 aromatic carbocycles. The van der Waals surface area contributed by atoms with Crippen LogP contribution in [-0.2, 0) is 17.6 Å². The standard InChI is InChI=1S/C19H30N2O2/c1-14(13-21(5)18(22)23-19(2,3)4)12-20-17-10-15-8-6-7-9-16(15)11-17/h6-9,14,17,20H,10-13H2,1-5H3. The molecule has 0 fully saturated rings. The number of rotatable bonds is 5. The highest BCUT2D eigenvalue weighted by atomic mass is 16.6. The van der Waals surface area contributed by atoms with Gasteiger partial charge in [-0.15, -0.1) is 0 Å². The minimum Gasteiger partial charge on any atom is -0.444 e. The van der Waals surface area contributed by atoms with E-state index in [0.29, 0.717) is 18.5 Å². The van der Waals surface area contributed by atoms with Crippen LogP contribution in [0.3, 0.4) is 0 Å². The summed E-state index contributed by atoms with van der Waals surface area (Å²) in [6.45, 7) is 9.44. The van der Waals surface area contributed by atoms with Crippen LogP contribution in [0.5, 0.6) is 0 Å². The summed E-state index contributed by atoms with van der Waals surface area (Å²) in [5, 5.41) is 3.64. The fourth-order valence-corrected chi connectivity index (χ4v) is 3.02. The van der Waals surface area contributed by atoms with Crippen molar-refractivity contribution in [3.63, 3.8) is 0 Å². The van der Waals surface area contributed by atoms with Crippen molar-refractivity contribution >= 4 is 6.09 Å². The number of fused-ring (bicyclic) bond motifs is 1. The Hall–Kier alpha value is -1.55. The number of hydrogen-bond acceptors (Lipinski definition) is 3. The van der Waals surface area contributed by atoms with Crippen LogP contribution in [0.2, 0.25) is 0 Å². The van der Waals surface area contributed by atoms with Crippen LogP contribution in [0.1, 0.15) is 38.8 Å². The Kier molecular flexibility index (Phi) is 5.69. The normalized spacial score (nSPS) is 16.0. The molecule has 1 N–H and O–H groups in total. The van der Waals surface area contributed by atoms with E-state index in [9.17, 15) is 4.79 Å². The first-order valence-electron chi connectivity index (χ1n) is 8.49. The van der Waals surface area contributed by atoms with E-state index < -0.39 is 5.60 Å². The summed E-state index contributed by atoms with van der Waals surface area (Å²) in [5.74, 6) is 0.385. The molecule has 1 aliphatic carbocycles. The van der Waals surface area contributed by atoms with Crippen LogP contribution in [-0.4, -0.2) is 42.8 Å². The molecular weight excluding hydrogens is 288 g/mol. The van der Waals surface area contributed by atoms with Gasteiger partial charge in [0, 0.05) is 19.6 Å². The summed E-state index contributed by atoms with van der Waals surface area (Å²) in [5.41, 5.74) is 2.48. The van der Waals surface area contributed by atoms with Gasteiger partial charge in [-0.1, -0.05) is 31.2 Å². The number of ether oxygens (including phenoxy) is 1. The second kappa shape index (κ2) is 7.35. The Morgan fingerprint density at radius 2 is 1.87 bits per heavy atom. The van der Waals surface area contributed by atoms with Gasteiger partial charge in [-0.2, -0.15) is 0 Å². The average Bonchev–Trinajstić information content (AvgIpc) is 2.86. The van der Waals surface area contributed by atoms with E-state index in [1.165, 1.54) is 11.1 Å². The lowest BCUT2D eigenvalue weighted by Gasteiger charge is -2.27. The number of carbonyl (C=O) groups is 1. The first kappa shape index (κ1) is 17.8. The van der Waals surface area contributed by atoms with Crippen LogP contribution >= 0.6 is 0 Å². The third-order valence-electron chi connectivity index (χ3n) is 4.10. The predicted molar refractivity (Wildman–Crippen MR) is 93.7 cm³/mol. The van der Waals surface area contributed by atoms with Crippen LogP contribution in [0, 0.1) is 5.92 Å². The molecule has 1 amide bonds. The Labute approximate surface area is 140 Å². The van der Waals surface area contributed by atoms with Crippen molar-refractivity contribution in [2.24, 2.45) is 5.92 Å². The first-order valence-corrected chi connectivity index (χ1v) is 8.49. The lowest BCUT2D eigenvalue weighted by atomic mass is 10.1. The molecule has 128 valence electrons. The van der Waals surface area contributed by atoms with Gasteiger partial charge in [0.05, 0.1) is 0 Å². The summed E-state index contributed by atoms with van der Waals surface area (Å²) < 4.78 is 5.39. The Morgan fingerprint density at radius 3 is 2.39 bits per heavy atom. The van der Waals surface area contributed by atoms with E-state index in [2.05, 4.69) is 36.5 Å². The first-order chi connectivity index (χ1) is 10.7. The van der Waals surface area contributed by atoms with Gasteiger partial charge in [-0.05, 0) is 57.2 Å². The fourth-order valence-electron chi connectivity index (χ4n) is 3.02. The molecule has 0 aliphatic heterocycles. The van der Waals surface area contributed by atoms with E-state index in [1.807, 2.05) is 20.8 Å². The predicted octanol–water partition coefficient (Wildman–Crippen LogP) is 3.25. The van der Waals surface area contributed by atoms with E-state index in [0.717, 1.165) is 19.4 Å². The van der Waals surface area contributed by atoms with E-state index in [1.54, 1.807) is 11.9 Å². The SMILES string of the molecule is CC(CNC1Cc2ccccc2C1)CN(C)C(=O)OC(C)(C)C. The van der Waals surface area contributed by atoms with Crippen molar-refractivity contribution in [3.8, 4) is 0 Å². The zero-order valence-electron chi connectivity index (χ0n) is 15.1. The number of carbonyl (C=O) groups excluding carboxylic acids is 1. The largest absolute Gasteiger partial charge is 0.444 e. The van der Waals surface area contributed by atoms with Gasteiger partial charge in [0.25, 0.3) is 0 Å². The van der Waals surface area contributed by atoms with Gasteiger partial charge in [0.1, 0.15) is 5.60 Å². The molecule has 0 saturated carbocycles. The lowest BCUT2D eigenvalue weighted by Crippen LogP contribution is -2.40. The number of nitrogens with zero attached hydrogens (tertiary/aromatic N) is 1. The highest BCUT2D eigenvalue weighted by molar-refractivity contribution is 5.67. The molecule has 0 heterocycles. The molecule has 1 atom stereocenters. The molecule has 4 heteroatoms. The maximum absolute atomic E-state index is 12.0. The third kappa shape index (κ3) is 5.54. The molecule has 1 aromatic rings. The highest BCUT2D eigenvalue weighted by Crippen LogP contribution is 2.21. The quantitative estimate of drug-likeness (QED) is 0.906. The molecule has 1 unspecified atom stereocenters. The van der Waals surface area contributed by atoms with Crippen molar-refractivity contribution in [3.05, 3.63) is 35.4 Å². The van der Waals surface area contributed by atoms with E-state index in [4.69, 9.17) is 4.74 Å². The van der Waals surface area contributed by atoms with Crippen LogP contribution in [0.25, 0.3) is 0 Å². The summed E-state index contributed by atoms with van der Waals surface area (Å²) in [4.78, 5) is 13.7. The maximum atomic E-state index is 12.0. The number of nitrogens with one attached hydrogen (secondary N) is 1. The van der Waals surface area contributed by atoms with Crippen molar-refractivity contribution in [1.82, 2.24) is 10.2 Å². The third-order valence-corrected chi connectivity index (χ3v) is 4.10. The van der Waals surface area contributed by atoms with Crippen LogP contribution in [0.4, 0.5) is 4.79 Å². The van der Waals surface area contributed by atoms with E-state index in [-0.39, 0.29) is 6.09 Å². The van der Waals surface area contributed by atoms with Crippen LogP contribution < -0.4 is 5.32 Å². The Bertz CT molecular complexity index is 511. The smallest absolute Gasteiger partial charge is 0.410 e. The average molecular weight is 318 g/mol. The molecule has 1 aliphatic rings. The number of amides is 1. The van der Waals surface area contributed by atoms with Gasteiger partial charge in [-0.25, -0.2) is 4.79 Å². The molecule has 0 bridgehead atoms. The minimum absolute atomic E-state index is 0.252. The van der Waals surface area contributed by atoms with Gasteiger partial charge >= 0.3 is 6.09 Å². The lowest BCUT2D eigenvalue weighted by molar-refractivity contribution is 0.0276. The van der Waals surface area contributed by atoms with Crippen molar-refractivity contribution < 1.29 is 9.53 Å². The Morgan fingerprint density at radius 1 is 1.30 bits per heavy atom. The summed E-state index contributed by atoms with van der Waals surface area (Å²) >= 11 is 0. The van der Waals surface area contributed by atoms with Gasteiger partial charge in [-0.3, -0.25) is 0 Å². The second-order valence-corrected chi connectivity index (χ2v) is 7.75. The van der Waals surface area contributed by atoms with Crippen molar-refractivity contribution in [2.45, 2.75) is 52.2 Å². The molecule has 0 spiro atoms. The van der Waals surface area contributed by atoms with Crippen molar-refractivity contribution in [1.29, 1.82) is 0 Å². The van der Waals surface area contributed by atoms with Crippen molar-refractivity contribution in [2.75, 3.05) is 20.1 Å². The molecular formula is C19H30N2O2.